The molecule has 116 valence electrons. The van der Waals surface area contributed by atoms with E-state index in [1.807, 2.05) is 6.07 Å². The van der Waals surface area contributed by atoms with Crippen LogP contribution in [-0.2, 0) is 0 Å². The Morgan fingerprint density at radius 3 is 2.90 bits per heavy atom. The molecule has 6 heteroatoms. The molecular weight excluding hydrogens is 267 g/mol. The molecule has 0 radical (unpaired) electrons. The third-order valence-electron chi connectivity index (χ3n) is 3.96. The molecule has 1 fully saturated rings. The van der Waals surface area contributed by atoms with Crippen molar-refractivity contribution in [1.29, 1.82) is 0 Å². The molecule has 2 N–H and O–H groups in total. The van der Waals surface area contributed by atoms with Crippen molar-refractivity contribution >= 4 is 12.6 Å². The summed E-state index contributed by atoms with van der Waals surface area (Å²) in [6, 6.07) is 6.93. The zero-order chi connectivity index (χ0) is 15.2. The fourth-order valence-electron chi connectivity index (χ4n) is 2.79. The van der Waals surface area contributed by atoms with Gasteiger partial charge < -0.3 is 24.6 Å². The van der Waals surface area contributed by atoms with Crippen LogP contribution in [0.4, 0.5) is 0 Å². The Bertz CT molecular complexity index is 445. The molecule has 1 unspecified atom stereocenters. The highest BCUT2D eigenvalue weighted by atomic mass is 16.5. The zero-order valence-corrected chi connectivity index (χ0v) is 12.9. The first-order chi connectivity index (χ1) is 10.0. The van der Waals surface area contributed by atoms with Gasteiger partial charge in [0.25, 0.3) is 0 Å². The summed E-state index contributed by atoms with van der Waals surface area (Å²) in [7, 11) is 2.84. The van der Waals surface area contributed by atoms with Gasteiger partial charge in [-0.3, -0.25) is 0 Å². The minimum absolute atomic E-state index is 0.454. The Labute approximate surface area is 127 Å². The van der Waals surface area contributed by atoms with E-state index in [2.05, 4.69) is 23.9 Å². The Morgan fingerprint density at radius 1 is 1.43 bits per heavy atom. The van der Waals surface area contributed by atoms with Crippen molar-refractivity contribution in [2.45, 2.75) is 6.42 Å². The van der Waals surface area contributed by atoms with E-state index in [-0.39, 0.29) is 0 Å². The largest absolute Gasteiger partial charge is 0.492 e. The lowest BCUT2D eigenvalue weighted by atomic mass is 9.80. The molecule has 1 atom stereocenters. The number of benzene rings is 1. The van der Waals surface area contributed by atoms with E-state index < -0.39 is 7.12 Å². The standard InChI is InChI=1S/C15H25BN2O3/c1-17-7-6-13(11-17)12-18(2)8-9-21-15-5-3-4-14(10-15)16(19)20/h3-5,10,13,19-20H,6-9,11-12H2,1-2H3. The van der Waals surface area contributed by atoms with Crippen molar-refractivity contribution in [2.24, 2.45) is 5.92 Å². The monoisotopic (exact) mass is 292 g/mol. The van der Waals surface area contributed by atoms with E-state index in [0.29, 0.717) is 17.8 Å². The van der Waals surface area contributed by atoms with Crippen LogP contribution in [0, 0.1) is 5.92 Å². The highest BCUT2D eigenvalue weighted by molar-refractivity contribution is 6.58. The summed E-state index contributed by atoms with van der Waals surface area (Å²) in [6.45, 7) is 4.95. The van der Waals surface area contributed by atoms with Gasteiger partial charge in [0.15, 0.2) is 0 Å². The number of likely N-dealkylation sites (N-methyl/N-ethyl adjacent to an activating group) is 1. The lowest BCUT2D eigenvalue weighted by Gasteiger charge is -2.21. The van der Waals surface area contributed by atoms with Crippen molar-refractivity contribution in [3.05, 3.63) is 24.3 Å². The number of hydrogen-bond acceptors (Lipinski definition) is 5. The molecule has 1 aliphatic heterocycles. The highest BCUT2D eigenvalue weighted by Gasteiger charge is 2.20. The normalized spacial score (nSPS) is 19.2. The molecule has 0 bridgehead atoms. The Balaban J connectivity index is 1.70. The van der Waals surface area contributed by atoms with Crippen LogP contribution in [-0.4, -0.2) is 73.8 Å². The molecule has 1 aromatic carbocycles. The average molecular weight is 292 g/mol. The number of likely N-dealkylation sites (tertiary alicyclic amines) is 1. The topological polar surface area (TPSA) is 56.2 Å². The van der Waals surface area contributed by atoms with Crippen molar-refractivity contribution in [3.8, 4) is 5.75 Å². The smallest absolute Gasteiger partial charge is 0.488 e. The molecule has 1 aromatic rings. The van der Waals surface area contributed by atoms with Gasteiger partial charge >= 0.3 is 7.12 Å². The fraction of sp³-hybridized carbons (Fsp3) is 0.600. The molecule has 0 aromatic heterocycles. The maximum absolute atomic E-state index is 9.13. The van der Waals surface area contributed by atoms with Crippen LogP contribution in [0.1, 0.15) is 6.42 Å². The van der Waals surface area contributed by atoms with Crippen molar-refractivity contribution in [1.82, 2.24) is 9.80 Å². The van der Waals surface area contributed by atoms with Gasteiger partial charge in [0.2, 0.25) is 0 Å². The van der Waals surface area contributed by atoms with Crippen LogP contribution in [0.3, 0.4) is 0 Å². The van der Waals surface area contributed by atoms with Crippen LogP contribution in [0.2, 0.25) is 0 Å². The molecule has 2 rings (SSSR count). The van der Waals surface area contributed by atoms with Gasteiger partial charge in [0.1, 0.15) is 12.4 Å². The second kappa shape index (κ2) is 7.80. The molecular formula is C15H25BN2O3. The summed E-state index contributed by atoms with van der Waals surface area (Å²) in [5.41, 5.74) is 0.454. The summed E-state index contributed by atoms with van der Waals surface area (Å²) in [5.74, 6) is 1.43. The van der Waals surface area contributed by atoms with E-state index in [1.165, 1.54) is 19.5 Å². The molecule has 0 amide bonds. The lowest BCUT2D eigenvalue weighted by molar-refractivity contribution is 0.215. The van der Waals surface area contributed by atoms with Crippen molar-refractivity contribution in [2.75, 3.05) is 46.9 Å². The summed E-state index contributed by atoms with van der Waals surface area (Å²) in [4.78, 5) is 4.68. The third kappa shape index (κ3) is 5.32. The van der Waals surface area contributed by atoms with Gasteiger partial charge in [-0.2, -0.15) is 0 Å². The van der Waals surface area contributed by atoms with Crippen LogP contribution in [0.15, 0.2) is 24.3 Å². The predicted octanol–water partition coefficient (Wildman–Crippen LogP) is -0.371. The minimum atomic E-state index is -1.45. The molecule has 1 heterocycles. The van der Waals surface area contributed by atoms with Crippen LogP contribution in [0.25, 0.3) is 0 Å². The van der Waals surface area contributed by atoms with Gasteiger partial charge in [-0.15, -0.1) is 0 Å². The number of nitrogens with zero attached hydrogens (tertiary/aromatic N) is 2. The number of rotatable bonds is 7. The summed E-state index contributed by atoms with van der Waals surface area (Å²) in [5, 5.41) is 18.3. The van der Waals surface area contributed by atoms with E-state index in [4.69, 9.17) is 14.8 Å². The molecule has 0 saturated carbocycles. The molecule has 1 saturated heterocycles. The average Bonchev–Trinajstić information content (AvgIpc) is 2.84. The zero-order valence-electron chi connectivity index (χ0n) is 12.9. The van der Waals surface area contributed by atoms with E-state index >= 15 is 0 Å². The Kier molecular flexibility index (Phi) is 6.05. The maximum Gasteiger partial charge on any atom is 0.488 e. The molecule has 5 nitrogen and oxygen atoms in total. The molecule has 0 aliphatic carbocycles. The van der Waals surface area contributed by atoms with Crippen molar-refractivity contribution in [3.63, 3.8) is 0 Å². The first-order valence-corrected chi connectivity index (χ1v) is 7.50. The maximum atomic E-state index is 9.13. The van der Waals surface area contributed by atoms with Gasteiger partial charge in [-0.1, -0.05) is 12.1 Å². The van der Waals surface area contributed by atoms with Crippen molar-refractivity contribution < 1.29 is 14.8 Å². The first kappa shape index (κ1) is 16.3. The number of ether oxygens (including phenoxy) is 1. The van der Waals surface area contributed by atoms with E-state index in [9.17, 15) is 0 Å². The Hall–Kier alpha value is -1.08. The molecule has 1 aliphatic rings. The van der Waals surface area contributed by atoms with Crippen LogP contribution in [0.5, 0.6) is 5.75 Å². The Morgan fingerprint density at radius 2 is 2.24 bits per heavy atom. The van der Waals surface area contributed by atoms with E-state index in [0.717, 1.165) is 19.0 Å². The third-order valence-corrected chi connectivity index (χ3v) is 3.96. The summed E-state index contributed by atoms with van der Waals surface area (Å²) in [6.07, 6.45) is 1.28. The van der Waals surface area contributed by atoms with Crippen LogP contribution < -0.4 is 10.2 Å². The quantitative estimate of drug-likeness (QED) is 0.672. The van der Waals surface area contributed by atoms with Gasteiger partial charge in [-0.05, 0) is 50.6 Å². The van der Waals surface area contributed by atoms with Gasteiger partial charge in [0, 0.05) is 19.6 Å². The number of hydrogen-bond donors (Lipinski definition) is 2. The summed E-state index contributed by atoms with van der Waals surface area (Å²) >= 11 is 0. The second-order valence-corrected chi connectivity index (χ2v) is 5.97. The highest BCUT2D eigenvalue weighted by Crippen LogP contribution is 2.15. The lowest BCUT2D eigenvalue weighted by Crippen LogP contribution is -2.31. The first-order valence-electron chi connectivity index (χ1n) is 7.50. The van der Waals surface area contributed by atoms with Crippen LogP contribution >= 0.6 is 0 Å². The molecule has 0 spiro atoms. The molecule has 21 heavy (non-hydrogen) atoms. The van der Waals surface area contributed by atoms with E-state index in [1.54, 1.807) is 18.2 Å². The fourth-order valence-corrected chi connectivity index (χ4v) is 2.79. The minimum Gasteiger partial charge on any atom is -0.492 e. The van der Waals surface area contributed by atoms with Gasteiger partial charge in [0.05, 0.1) is 0 Å². The summed E-state index contributed by atoms with van der Waals surface area (Å²) < 4.78 is 5.68. The second-order valence-electron chi connectivity index (χ2n) is 5.97. The predicted molar refractivity (Wildman–Crippen MR) is 84.9 cm³/mol. The van der Waals surface area contributed by atoms with Gasteiger partial charge in [-0.25, -0.2) is 0 Å². The SMILES string of the molecule is CN(CCOc1cccc(B(O)O)c1)CC1CCN(C)C1.